The lowest BCUT2D eigenvalue weighted by Gasteiger charge is -2.12. The van der Waals surface area contributed by atoms with Crippen molar-refractivity contribution in [2.75, 3.05) is 5.32 Å². The third-order valence-corrected chi connectivity index (χ3v) is 3.02. The number of benzene rings is 1. The Labute approximate surface area is 124 Å². The highest BCUT2D eigenvalue weighted by Crippen LogP contribution is 2.13. The molecule has 0 aliphatic rings. The number of carbonyl (C=O) groups is 2. The fraction of sp³-hybridized carbons (Fsp3) is 0.143. The molecule has 0 aliphatic heterocycles. The first kappa shape index (κ1) is 14.3. The zero-order valence-corrected chi connectivity index (χ0v) is 12.3. The van der Waals surface area contributed by atoms with Crippen LogP contribution in [0.1, 0.15) is 17.4 Å². The largest absolute Gasteiger partial charge is 0.448 e. The summed E-state index contributed by atoms with van der Waals surface area (Å²) in [6.07, 6.45) is 0.732. The van der Waals surface area contributed by atoms with E-state index in [0.717, 1.165) is 4.47 Å². The molecule has 0 spiro atoms. The first-order chi connectivity index (χ1) is 9.56. The van der Waals surface area contributed by atoms with E-state index in [2.05, 4.69) is 26.2 Å². The van der Waals surface area contributed by atoms with Crippen LogP contribution in [0.2, 0.25) is 0 Å². The van der Waals surface area contributed by atoms with E-state index in [-0.39, 0.29) is 11.6 Å². The Kier molecular flexibility index (Phi) is 4.57. The molecule has 2 N–H and O–H groups in total. The van der Waals surface area contributed by atoms with Crippen molar-refractivity contribution in [2.24, 2.45) is 0 Å². The maximum atomic E-state index is 11.9. The van der Waals surface area contributed by atoms with Crippen LogP contribution < -0.4 is 5.32 Å². The van der Waals surface area contributed by atoms with Gasteiger partial charge in [0.1, 0.15) is 5.69 Å². The number of carbonyl (C=O) groups excluding carboxylic acids is 2. The number of aromatic amines is 1. The van der Waals surface area contributed by atoms with Gasteiger partial charge in [-0.3, -0.25) is 4.79 Å². The second kappa shape index (κ2) is 6.38. The zero-order chi connectivity index (χ0) is 14.5. The number of rotatable bonds is 4. The lowest BCUT2D eigenvalue weighted by atomic mass is 10.3. The fourth-order valence-corrected chi connectivity index (χ4v) is 1.87. The number of halogens is 1. The molecule has 1 aromatic carbocycles. The van der Waals surface area contributed by atoms with E-state index in [0.29, 0.717) is 5.69 Å². The molecule has 20 heavy (non-hydrogen) atoms. The lowest BCUT2D eigenvalue weighted by molar-refractivity contribution is -0.123. The number of hydrogen-bond acceptors (Lipinski definition) is 3. The van der Waals surface area contributed by atoms with Crippen molar-refractivity contribution in [2.45, 2.75) is 13.0 Å². The monoisotopic (exact) mass is 336 g/mol. The summed E-state index contributed by atoms with van der Waals surface area (Å²) in [5.41, 5.74) is 0.944. The predicted octanol–water partition coefficient (Wildman–Crippen LogP) is 2.96. The minimum Gasteiger partial charge on any atom is -0.448 e. The van der Waals surface area contributed by atoms with Crippen LogP contribution in [0.3, 0.4) is 0 Å². The molecule has 0 saturated carbocycles. The molecule has 0 aliphatic carbocycles. The highest BCUT2D eigenvalue weighted by molar-refractivity contribution is 9.10. The van der Waals surface area contributed by atoms with Gasteiger partial charge >= 0.3 is 5.97 Å². The number of hydrogen-bond donors (Lipinski definition) is 2. The van der Waals surface area contributed by atoms with E-state index in [1.54, 1.807) is 24.4 Å². The minimum atomic E-state index is -0.884. The van der Waals surface area contributed by atoms with Crippen molar-refractivity contribution in [3.8, 4) is 0 Å². The summed E-state index contributed by atoms with van der Waals surface area (Å²) in [4.78, 5) is 26.4. The molecular weight excluding hydrogens is 324 g/mol. The Bertz CT molecular complexity index is 610. The number of para-hydroxylation sites is 1. The standard InChI is InChI=1S/C14H13BrN2O3/c1-9(13(18)17-11-5-3-2-4-6-11)20-14(19)12-7-10(15)8-16-12/h2-9,16H,1H3,(H,17,18)/t9-/m0/s1. The number of amides is 1. The second-order valence-corrected chi connectivity index (χ2v) is 5.05. The molecule has 104 valence electrons. The molecule has 0 unspecified atom stereocenters. The van der Waals surface area contributed by atoms with Gasteiger partial charge in [-0.15, -0.1) is 0 Å². The van der Waals surface area contributed by atoms with E-state index in [9.17, 15) is 9.59 Å². The first-order valence-corrected chi connectivity index (χ1v) is 6.76. The first-order valence-electron chi connectivity index (χ1n) is 5.97. The number of ether oxygens (including phenoxy) is 1. The van der Waals surface area contributed by atoms with Crippen LogP contribution in [0.5, 0.6) is 0 Å². The van der Waals surface area contributed by atoms with Crippen molar-refractivity contribution in [1.29, 1.82) is 0 Å². The van der Waals surface area contributed by atoms with E-state index < -0.39 is 12.1 Å². The van der Waals surface area contributed by atoms with Gasteiger partial charge in [-0.2, -0.15) is 0 Å². The van der Waals surface area contributed by atoms with Crippen LogP contribution in [0.15, 0.2) is 47.1 Å². The van der Waals surface area contributed by atoms with Crippen LogP contribution in [0, 0.1) is 0 Å². The summed E-state index contributed by atoms with van der Waals surface area (Å²) < 4.78 is 5.82. The highest BCUT2D eigenvalue weighted by atomic mass is 79.9. The maximum Gasteiger partial charge on any atom is 0.355 e. The van der Waals surface area contributed by atoms with Gasteiger partial charge in [0.2, 0.25) is 0 Å². The van der Waals surface area contributed by atoms with Gasteiger partial charge in [-0.25, -0.2) is 4.79 Å². The molecule has 1 amide bonds. The number of H-pyrrole nitrogens is 1. The second-order valence-electron chi connectivity index (χ2n) is 4.13. The fourth-order valence-electron chi connectivity index (χ4n) is 1.53. The van der Waals surface area contributed by atoms with Gasteiger partial charge in [0.05, 0.1) is 0 Å². The molecule has 1 aromatic heterocycles. The van der Waals surface area contributed by atoms with Gasteiger partial charge in [-0.1, -0.05) is 18.2 Å². The molecule has 0 fully saturated rings. The average molecular weight is 337 g/mol. The van der Waals surface area contributed by atoms with Crippen LogP contribution >= 0.6 is 15.9 Å². The van der Waals surface area contributed by atoms with E-state index in [4.69, 9.17) is 4.74 Å². The molecule has 0 bridgehead atoms. The number of esters is 1. The van der Waals surface area contributed by atoms with Gasteiger partial charge in [-0.05, 0) is 41.1 Å². The van der Waals surface area contributed by atoms with Crippen LogP contribution in [-0.4, -0.2) is 23.0 Å². The number of nitrogens with one attached hydrogen (secondary N) is 2. The molecule has 1 heterocycles. The summed E-state index contributed by atoms with van der Waals surface area (Å²) in [5, 5.41) is 2.67. The molecule has 6 heteroatoms. The van der Waals surface area contributed by atoms with E-state index in [1.807, 2.05) is 18.2 Å². The molecule has 2 aromatic rings. The maximum absolute atomic E-state index is 11.9. The molecular formula is C14H13BrN2O3. The molecule has 1 atom stereocenters. The van der Waals surface area contributed by atoms with Crippen LogP contribution in [-0.2, 0) is 9.53 Å². The lowest BCUT2D eigenvalue weighted by Crippen LogP contribution is -2.30. The summed E-state index contributed by atoms with van der Waals surface area (Å²) in [7, 11) is 0. The van der Waals surface area contributed by atoms with Crippen LogP contribution in [0.4, 0.5) is 5.69 Å². The van der Waals surface area contributed by atoms with E-state index in [1.165, 1.54) is 6.92 Å². The summed E-state index contributed by atoms with van der Waals surface area (Å²) >= 11 is 3.22. The Balaban J connectivity index is 1.93. The molecule has 0 radical (unpaired) electrons. The normalized spacial score (nSPS) is 11.7. The third kappa shape index (κ3) is 3.71. The molecule has 0 saturated heterocycles. The number of anilines is 1. The predicted molar refractivity (Wildman–Crippen MR) is 78.4 cm³/mol. The van der Waals surface area contributed by atoms with Crippen molar-refractivity contribution in [1.82, 2.24) is 4.98 Å². The quantitative estimate of drug-likeness (QED) is 0.843. The van der Waals surface area contributed by atoms with Gasteiger partial charge in [0.15, 0.2) is 6.10 Å². The van der Waals surface area contributed by atoms with Crippen LogP contribution in [0.25, 0.3) is 0 Å². The Hall–Kier alpha value is -2.08. The van der Waals surface area contributed by atoms with Gasteiger partial charge in [0, 0.05) is 16.4 Å². The highest BCUT2D eigenvalue weighted by Gasteiger charge is 2.19. The summed E-state index contributed by atoms with van der Waals surface area (Å²) in [6, 6.07) is 10.6. The third-order valence-electron chi connectivity index (χ3n) is 2.56. The number of aromatic nitrogens is 1. The van der Waals surface area contributed by atoms with Crippen molar-refractivity contribution < 1.29 is 14.3 Å². The summed E-state index contributed by atoms with van der Waals surface area (Å²) in [5.74, 6) is -0.957. The zero-order valence-electron chi connectivity index (χ0n) is 10.7. The van der Waals surface area contributed by atoms with Crippen molar-refractivity contribution >= 4 is 33.5 Å². The average Bonchev–Trinajstić information content (AvgIpc) is 2.86. The SMILES string of the molecule is C[C@H](OC(=O)c1cc(Br)c[nH]1)C(=O)Nc1ccccc1. The smallest absolute Gasteiger partial charge is 0.355 e. The summed E-state index contributed by atoms with van der Waals surface area (Å²) in [6.45, 7) is 1.52. The minimum absolute atomic E-state index is 0.288. The topological polar surface area (TPSA) is 71.2 Å². The van der Waals surface area contributed by atoms with Crippen molar-refractivity contribution in [3.63, 3.8) is 0 Å². The van der Waals surface area contributed by atoms with Crippen molar-refractivity contribution in [3.05, 3.63) is 52.8 Å². The van der Waals surface area contributed by atoms with Gasteiger partial charge in [0.25, 0.3) is 5.91 Å². The van der Waals surface area contributed by atoms with Gasteiger partial charge < -0.3 is 15.0 Å². The Morgan fingerprint density at radius 2 is 2.00 bits per heavy atom. The molecule has 5 nitrogen and oxygen atoms in total. The van der Waals surface area contributed by atoms with E-state index >= 15 is 0 Å². The molecule has 2 rings (SSSR count). The Morgan fingerprint density at radius 1 is 1.30 bits per heavy atom. The Morgan fingerprint density at radius 3 is 2.60 bits per heavy atom.